The molecule has 3 aromatic rings. The molecule has 0 heterocycles. The zero-order valence-corrected chi connectivity index (χ0v) is 17.9. The Balaban J connectivity index is 2.02. The molecule has 3 aromatic carbocycles. The Morgan fingerprint density at radius 3 is 1.86 bits per heavy atom. The van der Waals surface area contributed by atoms with Gasteiger partial charge < -0.3 is 0 Å². The van der Waals surface area contributed by atoms with Crippen LogP contribution in [-0.4, -0.2) is 0 Å². The minimum absolute atomic E-state index is 0.525. The molecule has 0 aliphatic carbocycles. The molecule has 0 heteroatoms. The van der Waals surface area contributed by atoms with Crippen molar-refractivity contribution in [3.05, 3.63) is 107 Å². The molecule has 3 rings (SSSR count). The molecule has 146 valence electrons. The summed E-state index contributed by atoms with van der Waals surface area (Å²) in [6, 6.07) is 28.9. The second-order valence-corrected chi connectivity index (χ2v) is 8.42. The summed E-state index contributed by atoms with van der Waals surface area (Å²) in [7, 11) is 0. The Labute approximate surface area is 171 Å². The molecule has 0 aromatic heterocycles. The monoisotopic (exact) mass is 370 g/mol. The van der Waals surface area contributed by atoms with Gasteiger partial charge in [0.15, 0.2) is 0 Å². The molecule has 0 bridgehead atoms. The van der Waals surface area contributed by atoms with Crippen LogP contribution in [0, 0.1) is 5.92 Å². The van der Waals surface area contributed by atoms with E-state index < -0.39 is 0 Å². The topological polar surface area (TPSA) is 0 Å². The highest BCUT2D eigenvalue weighted by atomic mass is 14.3. The summed E-state index contributed by atoms with van der Waals surface area (Å²) in [6.07, 6.45) is 3.34. The zero-order chi connectivity index (χ0) is 19.9. The third kappa shape index (κ3) is 4.93. The summed E-state index contributed by atoms with van der Waals surface area (Å²) in [5, 5.41) is 0. The zero-order valence-electron chi connectivity index (χ0n) is 17.9. The Kier molecular flexibility index (Phi) is 7.09. The van der Waals surface area contributed by atoms with E-state index in [4.69, 9.17) is 0 Å². The van der Waals surface area contributed by atoms with Crippen LogP contribution < -0.4 is 0 Å². The fourth-order valence-corrected chi connectivity index (χ4v) is 4.40. The van der Waals surface area contributed by atoms with Gasteiger partial charge >= 0.3 is 0 Å². The van der Waals surface area contributed by atoms with Crippen molar-refractivity contribution in [2.24, 2.45) is 5.92 Å². The van der Waals surface area contributed by atoms with Crippen LogP contribution in [0.3, 0.4) is 0 Å². The van der Waals surface area contributed by atoms with E-state index in [9.17, 15) is 0 Å². The molecule has 0 fully saturated rings. The van der Waals surface area contributed by atoms with E-state index in [1.807, 2.05) is 0 Å². The number of rotatable bonds is 8. The average Bonchev–Trinajstić information content (AvgIpc) is 2.72. The molecule has 0 saturated heterocycles. The highest BCUT2D eigenvalue weighted by Gasteiger charge is 2.24. The first-order valence-electron chi connectivity index (χ1n) is 10.8. The fourth-order valence-electron chi connectivity index (χ4n) is 4.40. The third-order valence-electron chi connectivity index (χ3n) is 6.07. The van der Waals surface area contributed by atoms with Crippen molar-refractivity contribution in [2.45, 2.75) is 58.8 Å². The van der Waals surface area contributed by atoms with Crippen molar-refractivity contribution in [3.8, 4) is 0 Å². The van der Waals surface area contributed by atoms with Crippen molar-refractivity contribution in [3.63, 3.8) is 0 Å². The quantitative estimate of drug-likeness (QED) is 0.380. The van der Waals surface area contributed by atoms with E-state index in [1.54, 1.807) is 11.1 Å². The molecule has 0 radical (unpaired) electrons. The lowest BCUT2D eigenvalue weighted by Gasteiger charge is -2.29. The highest BCUT2D eigenvalue weighted by Crippen LogP contribution is 2.37. The molecule has 2 atom stereocenters. The van der Waals surface area contributed by atoms with Gasteiger partial charge in [-0.2, -0.15) is 0 Å². The van der Waals surface area contributed by atoms with Crippen LogP contribution in [0.25, 0.3) is 0 Å². The van der Waals surface area contributed by atoms with Gasteiger partial charge in [-0.3, -0.25) is 0 Å². The minimum atomic E-state index is 0.525. The first-order chi connectivity index (χ1) is 13.6. The van der Waals surface area contributed by atoms with Crippen molar-refractivity contribution in [2.75, 3.05) is 0 Å². The molecule has 0 spiro atoms. The van der Waals surface area contributed by atoms with Crippen molar-refractivity contribution >= 4 is 0 Å². The Hall–Kier alpha value is -2.34. The van der Waals surface area contributed by atoms with E-state index in [0.29, 0.717) is 17.8 Å². The van der Waals surface area contributed by atoms with Gasteiger partial charge in [-0.1, -0.05) is 113 Å². The van der Waals surface area contributed by atoms with Crippen LogP contribution >= 0.6 is 0 Å². The standard InChI is InChI=1S/C28H34/c1-5-22(4)27(20-24-15-10-7-11-16-24)26-18-12-17-25(28(26)21(2)3)19-23-13-8-6-9-14-23/h6-18,21-22,27H,5,19-20H2,1-4H3. The summed E-state index contributed by atoms with van der Waals surface area (Å²) in [4.78, 5) is 0. The van der Waals surface area contributed by atoms with Crippen LogP contribution in [0.15, 0.2) is 78.9 Å². The molecule has 2 unspecified atom stereocenters. The second kappa shape index (κ2) is 9.73. The molecule has 0 N–H and O–H groups in total. The van der Waals surface area contributed by atoms with Crippen molar-refractivity contribution < 1.29 is 0 Å². The molecule has 28 heavy (non-hydrogen) atoms. The molecular formula is C28H34. The van der Waals surface area contributed by atoms with E-state index >= 15 is 0 Å². The smallest absolute Gasteiger partial charge is 0.00228 e. The van der Waals surface area contributed by atoms with E-state index in [-0.39, 0.29) is 0 Å². The lowest BCUT2D eigenvalue weighted by Crippen LogP contribution is -2.16. The Morgan fingerprint density at radius 2 is 1.29 bits per heavy atom. The summed E-state index contributed by atoms with van der Waals surface area (Å²) in [5.74, 6) is 1.74. The average molecular weight is 371 g/mol. The second-order valence-electron chi connectivity index (χ2n) is 8.42. The molecular weight excluding hydrogens is 336 g/mol. The van der Waals surface area contributed by atoms with Gasteiger partial charge in [-0.25, -0.2) is 0 Å². The van der Waals surface area contributed by atoms with Gasteiger partial charge in [0.25, 0.3) is 0 Å². The molecule has 0 amide bonds. The van der Waals surface area contributed by atoms with Crippen molar-refractivity contribution in [1.29, 1.82) is 0 Å². The Bertz CT molecular complexity index is 846. The summed E-state index contributed by atoms with van der Waals surface area (Å²) in [5.41, 5.74) is 7.44. The van der Waals surface area contributed by atoms with Gasteiger partial charge in [0.05, 0.1) is 0 Å². The SMILES string of the molecule is CCC(C)C(Cc1ccccc1)c1cccc(Cc2ccccc2)c1C(C)C. The predicted octanol–water partition coefficient (Wildman–Crippen LogP) is 7.77. The van der Waals surface area contributed by atoms with Gasteiger partial charge in [-0.05, 0) is 58.4 Å². The van der Waals surface area contributed by atoms with Gasteiger partial charge in [-0.15, -0.1) is 0 Å². The summed E-state index contributed by atoms with van der Waals surface area (Å²) >= 11 is 0. The number of hydrogen-bond acceptors (Lipinski definition) is 0. The van der Waals surface area contributed by atoms with E-state index in [2.05, 4.69) is 107 Å². The largest absolute Gasteiger partial charge is 0.0651 e. The lowest BCUT2D eigenvalue weighted by molar-refractivity contribution is 0.439. The number of hydrogen-bond donors (Lipinski definition) is 0. The maximum Gasteiger partial charge on any atom is -0.00228 e. The van der Waals surface area contributed by atoms with Crippen LogP contribution in [0.4, 0.5) is 0 Å². The van der Waals surface area contributed by atoms with Crippen LogP contribution in [0.5, 0.6) is 0 Å². The fraction of sp³-hybridized carbons (Fsp3) is 0.357. The van der Waals surface area contributed by atoms with Gasteiger partial charge in [0.1, 0.15) is 0 Å². The predicted molar refractivity (Wildman–Crippen MR) is 122 cm³/mol. The van der Waals surface area contributed by atoms with E-state index in [0.717, 1.165) is 12.8 Å². The van der Waals surface area contributed by atoms with Crippen LogP contribution in [0.1, 0.15) is 73.8 Å². The maximum absolute atomic E-state index is 2.42. The molecule has 0 aliphatic rings. The Morgan fingerprint density at radius 1 is 0.679 bits per heavy atom. The summed E-state index contributed by atoms with van der Waals surface area (Å²) in [6.45, 7) is 9.44. The maximum atomic E-state index is 2.42. The first kappa shape index (κ1) is 20.4. The normalized spacial score (nSPS) is 13.5. The van der Waals surface area contributed by atoms with Crippen molar-refractivity contribution in [1.82, 2.24) is 0 Å². The molecule has 0 nitrogen and oxygen atoms in total. The minimum Gasteiger partial charge on any atom is -0.0651 e. The van der Waals surface area contributed by atoms with Gasteiger partial charge in [0.2, 0.25) is 0 Å². The van der Waals surface area contributed by atoms with Gasteiger partial charge in [0, 0.05) is 0 Å². The summed E-state index contributed by atoms with van der Waals surface area (Å²) < 4.78 is 0. The highest BCUT2D eigenvalue weighted by molar-refractivity contribution is 5.43. The number of benzene rings is 3. The van der Waals surface area contributed by atoms with Crippen LogP contribution in [0.2, 0.25) is 0 Å². The molecule has 0 aliphatic heterocycles. The first-order valence-corrected chi connectivity index (χ1v) is 10.8. The molecule has 0 saturated carbocycles. The van der Waals surface area contributed by atoms with Crippen LogP contribution in [-0.2, 0) is 12.8 Å². The van der Waals surface area contributed by atoms with E-state index in [1.165, 1.54) is 23.1 Å². The lowest BCUT2D eigenvalue weighted by atomic mass is 9.76. The third-order valence-corrected chi connectivity index (χ3v) is 6.07.